The van der Waals surface area contributed by atoms with Crippen LogP contribution in [0.15, 0.2) is 63.9 Å². The van der Waals surface area contributed by atoms with Crippen molar-refractivity contribution in [2.75, 3.05) is 0 Å². The van der Waals surface area contributed by atoms with Crippen LogP contribution in [0.5, 0.6) is 0 Å². The Morgan fingerprint density at radius 1 is 1.00 bits per heavy atom. The zero-order valence-corrected chi connectivity index (χ0v) is 16.0. The first-order valence-electron chi connectivity index (χ1n) is 8.03. The molecule has 2 rings (SSSR count). The third-order valence-electron chi connectivity index (χ3n) is 3.20. The van der Waals surface area contributed by atoms with Crippen LogP contribution in [0.2, 0.25) is 0 Å². The van der Waals surface area contributed by atoms with Crippen molar-refractivity contribution in [2.24, 2.45) is 4.36 Å². The van der Waals surface area contributed by atoms with Gasteiger partial charge in [-0.25, -0.2) is 9.00 Å². The number of carbonyl (C=O) groups is 2. The lowest BCUT2D eigenvalue weighted by atomic mass is 10.1. The normalized spacial score (nSPS) is 13.4. The van der Waals surface area contributed by atoms with Gasteiger partial charge in [-0.05, 0) is 52.0 Å². The second-order valence-electron chi connectivity index (χ2n) is 6.71. The molecule has 0 radical (unpaired) electrons. The number of benzene rings is 2. The lowest BCUT2D eigenvalue weighted by Gasteiger charge is -2.18. The Bertz CT molecular complexity index is 907. The highest BCUT2D eigenvalue weighted by atomic mass is 32.2. The summed E-state index contributed by atoms with van der Waals surface area (Å²) in [7, 11) is -3.55. The van der Waals surface area contributed by atoms with Gasteiger partial charge in [0.05, 0.1) is 4.90 Å². The molecule has 0 aliphatic rings. The van der Waals surface area contributed by atoms with Crippen LogP contribution in [0.3, 0.4) is 0 Å². The van der Waals surface area contributed by atoms with E-state index in [1.54, 1.807) is 63.2 Å². The van der Waals surface area contributed by atoms with Crippen LogP contribution in [0, 0.1) is 6.92 Å². The minimum atomic E-state index is -3.55. The summed E-state index contributed by atoms with van der Waals surface area (Å²) in [6.45, 7) is 6.92. The summed E-state index contributed by atoms with van der Waals surface area (Å²) in [4.78, 5) is 24.8. The molecule has 2 amide bonds. The van der Waals surface area contributed by atoms with E-state index < -0.39 is 27.5 Å². The van der Waals surface area contributed by atoms with Crippen LogP contribution in [0.1, 0.15) is 36.7 Å². The van der Waals surface area contributed by atoms with Gasteiger partial charge in [0.2, 0.25) is 0 Å². The number of hydrogen-bond donors (Lipinski definition) is 1. The van der Waals surface area contributed by atoms with E-state index >= 15 is 0 Å². The molecule has 0 heterocycles. The topological polar surface area (TPSA) is 84.8 Å². The van der Waals surface area contributed by atoms with E-state index in [4.69, 9.17) is 4.74 Å². The molecule has 0 saturated carbocycles. The van der Waals surface area contributed by atoms with E-state index in [1.807, 2.05) is 6.92 Å². The van der Waals surface area contributed by atoms with Crippen LogP contribution < -0.4 is 4.72 Å². The first-order valence-corrected chi connectivity index (χ1v) is 9.54. The van der Waals surface area contributed by atoms with Crippen LogP contribution >= 0.6 is 0 Å². The predicted octanol–water partition coefficient (Wildman–Crippen LogP) is 4.10. The molecular weight excluding hydrogens is 352 g/mol. The Kier molecular flexibility index (Phi) is 5.82. The molecule has 0 fully saturated rings. The Morgan fingerprint density at radius 3 is 2.12 bits per heavy atom. The summed E-state index contributed by atoms with van der Waals surface area (Å²) < 4.78 is 24.5. The number of nitrogens with zero attached hydrogens (tertiary/aromatic N) is 1. The molecule has 0 spiro atoms. The number of aryl methyl sites for hydroxylation is 1. The molecule has 26 heavy (non-hydrogen) atoms. The smallest absolute Gasteiger partial charge is 0.442 e. The quantitative estimate of drug-likeness (QED) is 0.876. The average Bonchev–Trinajstić information content (AvgIpc) is 2.54. The van der Waals surface area contributed by atoms with Gasteiger partial charge in [-0.3, -0.25) is 9.52 Å². The maximum atomic E-state index is 13.3. The van der Waals surface area contributed by atoms with Crippen molar-refractivity contribution < 1.29 is 18.5 Å². The Balaban J connectivity index is 2.41. The Labute approximate surface area is 153 Å². The first-order chi connectivity index (χ1) is 12.1. The van der Waals surface area contributed by atoms with Crippen LogP contribution in [0.25, 0.3) is 0 Å². The molecule has 7 heteroatoms. The number of amides is 2. The maximum Gasteiger partial charge on any atom is 0.444 e. The summed E-state index contributed by atoms with van der Waals surface area (Å²) >= 11 is 0. The molecule has 0 bridgehead atoms. The van der Waals surface area contributed by atoms with E-state index in [2.05, 4.69) is 9.08 Å². The number of carbonyl (C=O) groups excluding carboxylic acids is 2. The second-order valence-corrected chi connectivity index (χ2v) is 8.62. The van der Waals surface area contributed by atoms with Crippen molar-refractivity contribution in [3.05, 3.63) is 65.7 Å². The van der Waals surface area contributed by atoms with Gasteiger partial charge in [-0.2, -0.15) is 0 Å². The van der Waals surface area contributed by atoms with Gasteiger partial charge < -0.3 is 4.74 Å². The van der Waals surface area contributed by atoms with E-state index in [0.29, 0.717) is 5.56 Å². The fourth-order valence-electron chi connectivity index (χ4n) is 2.01. The van der Waals surface area contributed by atoms with Crippen molar-refractivity contribution in [3.63, 3.8) is 0 Å². The largest absolute Gasteiger partial charge is 0.444 e. The van der Waals surface area contributed by atoms with E-state index in [-0.39, 0.29) is 4.90 Å². The molecule has 1 N–H and O–H groups in total. The molecule has 2 aromatic rings. The molecular formula is C19H22N2O4S. The van der Waals surface area contributed by atoms with Gasteiger partial charge in [0.25, 0.3) is 5.91 Å². The number of ether oxygens (including phenoxy) is 1. The van der Waals surface area contributed by atoms with Crippen molar-refractivity contribution >= 4 is 21.9 Å². The molecule has 6 nitrogen and oxygen atoms in total. The lowest BCUT2D eigenvalue weighted by Crippen LogP contribution is -2.32. The summed E-state index contributed by atoms with van der Waals surface area (Å²) in [5.41, 5.74) is 0.515. The van der Waals surface area contributed by atoms with Gasteiger partial charge in [0.1, 0.15) is 5.60 Å². The molecule has 0 aliphatic carbocycles. The standard InChI is InChI=1S/C19H22N2O4S/c1-14-10-12-15(13-11-14)17(22)20-26(24,16-8-6-5-7-9-16)21-18(23)25-19(2,3)4/h5-13H,1-4H3,(H,20,21,22,23,24). The highest BCUT2D eigenvalue weighted by Gasteiger charge is 2.22. The van der Waals surface area contributed by atoms with Gasteiger partial charge in [-0.15, -0.1) is 4.36 Å². The van der Waals surface area contributed by atoms with Crippen molar-refractivity contribution in [1.29, 1.82) is 0 Å². The average molecular weight is 374 g/mol. The first kappa shape index (κ1) is 19.7. The highest BCUT2D eigenvalue weighted by Crippen LogP contribution is 2.15. The monoisotopic (exact) mass is 374 g/mol. The highest BCUT2D eigenvalue weighted by molar-refractivity contribution is 7.92. The number of hydrogen-bond acceptors (Lipinski definition) is 4. The molecule has 0 aliphatic heterocycles. The number of nitrogens with one attached hydrogen (secondary N) is 1. The summed E-state index contributed by atoms with van der Waals surface area (Å²) in [5, 5.41) is 0. The maximum absolute atomic E-state index is 13.3. The van der Waals surface area contributed by atoms with Crippen molar-refractivity contribution in [2.45, 2.75) is 38.2 Å². The molecule has 0 aromatic heterocycles. The molecule has 1 atom stereocenters. The zero-order valence-electron chi connectivity index (χ0n) is 15.2. The summed E-state index contributed by atoms with van der Waals surface area (Å²) in [6, 6.07) is 14.9. The molecule has 2 aromatic carbocycles. The Hall–Kier alpha value is -2.67. The molecule has 138 valence electrons. The van der Waals surface area contributed by atoms with Gasteiger partial charge in [0, 0.05) is 5.56 Å². The van der Waals surface area contributed by atoms with E-state index in [9.17, 15) is 13.8 Å². The second kappa shape index (κ2) is 7.70. The lowest BCUT2D eigenvalue weighted by molar-refractivity contribution is 0.0607. The third-order valence-corrected chi connectivity index (χ3v) is 4.98. The Morgan fingerprint density at radius 2 is 1.58 bits per heavy atom. The third kappa shape index (κ3) is 5.42. The fraction of sp³-hybridized carbons (Fsp3) is 0.263. The predicted molar refractivity (Wildman–Crippen MR) is 100 cm³/mol. The van der Waals surface area contributed by atoms with Crippen LogP contribution in [-0.4, -0.2) is 21.8 Å². The van der Waals surface area contributed by atoms with Gasteiger partial charge in [-0.1, -0.05) is 35.9 Å². The molecule has 0 saturated heterocycles. The minimum Gasteiger partial charge on any atom is -0.442 e. The SMILES string of the molecule is Cc1ccc(C(=O)NS(=O)(=NC(=O)OC(C)(C)C)c2ccccc2)cc1. The van der Waals surface area contributed by atoms with Gasteiger partial charge in [0.15, 0.2) is 9.92 Å². The van der Waals surface area contributed by atoms with Gasteiger partial charge >= 0.3 is 6.09 Å². The molecule has 1 unspecified atom stereocenters. The van der Waals surface area contributed by atoms with Crippen LogP contribution in [0.4, 0.5) is 4.79 Å². The van der Waals surface area contributed by atoms with Crippen molar-refractivity contribution in [3.8, 4) is 0 Å². The summed E-state index contributed by atoms with van der Waals surface area (Å²) in [5.74, 6) is -0.592. The zero-order chi connectivity index (χ0) is 19.4. The van der Waals surface area contributed by atoms with E-state index in [1.165, 1.54) is 12.1 Å². The summed E-state index contributed by atoms with van der Waals surface area (Å²) in [6.07, 6.45) is -1.00. The van der Waals surface area contributed by atoms with E-state index in [0.717, 1.165) is 5.56 Å². The fourth-order valence-corrected chi connectivity index (χ4v) is 3.43. The van der Waals surface area contributed by atoms with Crippen LogP contribution in [-0.2, 0) is 14.7 Å². The van der Waals surface area contributed by atoms with Crippen molar-refractivity contribution in [1.82, 2.24) is 4.72 Å². The number of rotatable bonds is 3. The minimum absolute atomic E-state index is 0.214.